The summed E-state index contributed by atoms with van der Waals surface area (Å²) in [7, 11) is 0. The fourth-order valence-corrected chi connectivity index (χ4v) is 1.93. The van der Waals surface area contributed by atoms with Gasteiger partial charge in [0.05, 0.1) is 6.42 Å². The molecule has 132 valence electrons. The minimum atomic E-state index is -0.977. The van der Waals surface area contributed by atoms with E-state index in [1.54, 1.807) is 0 Å². The average Bonchev–Trinajstić information content (AvgIpc) is 2.58. The molecule has 7 heteroatoms. The van der Waals surface area contributed by atoms with Crippen LogP contribution < -0.4 is 10.6 Å². The molecular formula is C17H24N2O5. The Morgan fingerprint density at radius 3 is 2.25 bits per heavy atom. The second kappa shape index (κ2) is 11.9. The molecule has 0 saturated carbocycles. The molecule has 0 heterocycles. The number of carbonyl (C=O) groups is 3. The van der Waals surface area contributed by atoms with E-state index in [9.17, 15) is 14.4 Å². The van der Waals surface area contributed by atoms with Crippen molar-refractivity contribution in [1.29, 1.82) is 0 Å². The smallest absolute Gasteiger partial charge is 0.407 e. The highest BCUT2D eigenvalue weighted by molar-refractivity contribution is 5.80. The fraction of sp³-hybridized carbons (Fsp3) is 0.471. The number of hydrogen-bond donors (Lipinski definition) is 3. The van der Waals surface area contributed by atoms with Crippen molar-refractivity contribution in [2.75, 3.05) is 13.1 Å². The third-order valence-corrected chi connectivity index (χ3v) is 3.22. The molecule has 0 spiro atoms. The SMILES string of the molecule is O=C(O)CCC(=O)NCCCCCNC(=O)OCc1ccccc1. The molecule has 1 aromatic carbocycles. The predicted molar refractivity (Wildman–Crippen MR) is 88.4 cm³/mol. The van der Waals surface area contributed by atoms with E-state index in [0.29, 0.717) is 13.1 Å². The molecule has 0 aromatic heterocycles. The fourth-order valence-electron chi connectivity index (χ4n) is 1.93. The van der Waals surface area contributed by atoms with Crippen LogP contribution in [0.4, 0.5) is 4.79 Å². The van der Waals surface area contributed by atoms with Crippen LogP contribution in [0.25, 0.3) is 0 Å². The summed E-state index contributed by atoms with van der Waals surface area (Å²) in [6.07, 6.45) is 1.81. The molecule has 0 radical (unpaired) electrons. The van der Waals surface area contributed by atoms with E-state index < -0.39 is 12.1 Å². The van der Waals surface area contributed by atoms with Crippen LogP contribution in [0.3, 0.4) is 0 Å². The Hall–Kier alpha value is -2.57. The molecule has 3 N–H and O–H groups in total. The number of hydrogen-bond acceptors (Lipinski definition) is 4. The van der Waals surface area contributed by atoms with Gasteiger partial charge >= 0.3 is 12.1 Å². The van der Waals surface area contributed by atoms with Crippen LogP contribution in [0.2, 0.25) is 0 Å². The van der Waals surface area contributed by atoms with Crippen LogP contribution in [-0.2, 0) is 20.9 Å². The number of carbonyl (C=O) groups excluding carboxylic acids is 2. The van der Waals surface area contributed by atoms with Crippen molar-refractivity contribution < 1.29 is 24.2 Å². The zero-order valence-electron chi connectivity index (χ0n) is 13.6. The second-order valence-corrected chi connectivity index (χ2v) is 5.29. The standard InChI is InChI=1S/C17H24N2O5/c20-15(9-10-16(21)22)18-11-5-2-6-12-19-17(23)24-13-14-7-3-1-4-8-14/h1,3-4,7-8H,2,5-6,9-13H2,(H,18,20)(H,19,23)(H,21,22). The summed E-state index contributed by atoms with van der Waals surface area (Å²) in [5, 5.41) is 13.8. The lowest BCUT2D eigenvalue weighted by Crippen LogP contribution is -2.26. The van der Waals surface area contributed by atoms with E-state index in [1.807, 2.05) is 30.3 Å². The molecular weight excluding hydrogens is 312 g/mol. The number of rotatable bonds is 11. The first-order valence-electron chi connectivity index (χ1n) is 8.01. The number of nitrogens with one attached hydrogen (secondary N) is 2. The number of benzene rings is 1. The van der Waals surface area contributed by atoms with Gasteiger partial charge in [0.15, 0.2) is 0 Å². The molecule has 1 rings (SSSR count). The topological polar surface area (TPSA) is 105 Å². The van der Waals surface area contributed by atoms with E-state index in [0.717, 1.165) is 24.8 Å². The molecule has 0 aliphatic carbocycles. The summed E-state index contributed by atoms with van der Waals surface area (Å²) in [6, 6.07) is 9.45. The zero-order valence-corrected chi connectivity index (χ0v) is 13.6. The highest BCUT2D eigenvalue weighted by atomic mass is 16.5. The van der Waals surface area contributed by atoms with Gasteiger partial charge in [-0.2, -0.15) is 0 Å². The molecule has 0 aliphatic rings. The van der Waals surface area contributed by atoms with Gasteiger partial charge in [0.1, 0.15) is 6.61 Å². The van der Waals surface area contributed by atoms with Crippen LogP contribution >= 0.6 is 0 Å². The van der Waals surface area contributed by atoms with Crippen LogP contribution in [0.5, 0.6) is 0 Å². The number of carboxylic acids is 1. The number of alkyl carbamates (subject to hydrolysis) is 1. The first kappa shape index (κ1) is 19.5. The number of amides is 2. The molecule has 0 fully saturated rings. The van der Waals surface area contributed by atoms with Crippen LogP contribution in [-0.4, -0.2) is 36.2 Å². The van der Waals surface area contributed by atoms with E-state index in [-0.39, 0.29) is 25.4 Å². The second-order valence-electron chi connectivity index (χ2n) is 5.29. The monoisotopic (exact) mass is 336 g/mol. The summed E-state index contributed by atoms with van der Waals surface area (Å²) < 4.78 is 5.08. The van der Waals surface area contributed by atoms with Gasteiger partial charge in [-0.1, -0.05) is 30.3 Å². The Balaban J connectivity index is 1.93. The molecule has 0 aliphatic heterocycles. The largest absolute Gasteiger partial charge is 0.481 e. The Morgan fingerprint density at radius 2 is 1.58 bits per heavy atom. The highest BCUT2D eigenvalue weighted by Crippen LogP contribution is 2.00. The lowest BCUT2D eigenvalue weighted by molar-refractivity contribution is -0.138. The van der Waals surface area contributed by atoms with Crippen molar-refractivity contribution in [2.24, 2.45) is 0 Å². The normalized spacial score (nSPS) is 10.0. The minimum Gasteiger partial charge on any atom is -0.481 e. The van der Waals surface area contributed by atoms with Gasteiger partial charge in [0.2, 0.25) is 5.91 Å². The third kappa shape index (κ3) is 10.2. The molecule has 0 bridgehead atoms. The number of aliphatic carboxylic acids is 1. The van der Waals surface area contributed by atoms with E-state index in [2.05, 4.69) is 10.6 Å². The lowest BCUT2D eigenvalue weighted by atomic mass is 10.2. The van der Waals surface area contributed by atoms with Gasteiger partial charge in [0, 0.05) is 19.5 Å². The molecule has 0 saturated heterocycles. The maximum absolute atomic E-state index is 11.5. The number of ether oxygens (including phenoxy) is 1. The van der Waals surface area contributed by atoms with Crippen molar-refractivity contribution in [3.63, 3.8) is 0 Å². The Labute approximate surface area is 141 Å². The lowest BCUT2D eigenvalue weighted by Gasteiger charge is -2.07. The Bertz CT molecular complexity index is 519. The van der Waals surface area contributed by atoms with E-state index >= 15 is 0 Å². The van der Waals surface area contributed by atoms with Gasteiger partial charge in [-0.15, -0.1) is 0 Å². The highest BCUT2D eigenvalue weighted by Gasteiger charge is 2.04. The quantitative estimate of drug-likeness (QED) is 0.537. The third-order valence-electron chi connectivity index (χ3n) is 3.22. The molecule has 1 aromatic rings. The van der Waals surface area contributed by atoms with E-state index in [1.165, 1.54) is 0 Å². The van der Waals surface area contributed by atoms with Gasteiger partial charge < -0.3 is 20.5 Å². The molecule has 0 unspecified atom stereocenters. The predicted octanol–water partition coefficient (Wildman–Crippen LogP) is 2.06. The maximum atomic E-state index is 11.5. The van der Waals surface area contributed by atoms with E-state index in [4.69, 9.17) is 9.84 Å². The van der Waals surface area contributed by atoms with Crippen LogP contribution in [0, 0.1) is 0 Å². The summed E-state index contributed by atoms with van der Waals surface area (Å²) in [5.74, 6) is -1.23. The van der Waals surface area contributed by atoms with Crippen molar-refractivity contribution in [2.45, 2.75) is 38.7 Å². The summed E-state index contributed by atoms with van der Waals surface area (Å²) in [4.78, 5) is 33.1. The van der Waals surface area contributed by atoms with Gasteiger partial charge in [-0.3, -0.25) is 9.59 Å². The molecule has 0 atom stereocenters. The number of carboxylic acid groups (broad SMARTS) is 1. The van der Waals surface area contributed by atoms with Crippen molar-refractivity contribution >= 4 is 18.0 Å². The number of unbranched alkanes of at least 4 members (excludes halogenated alkanes) is 2. The van der Waals surface area contributed by atoms with Crippen molar-refractivity contribution in [3.05, 3.63) is 35.9 Å². The minimum absolute atomic E-state index is 0.00411. The van der Waals surface area contributed by atoms with Crippen molar-refractivity contribution in [1.82, 2.24) is 10.6 Å². The van der Waals surface area contributed by atoms with Gasteiger partial charge in [-0.25, -0.2) is 4.79 Å². The molecule has 2 amide bonds. The summed E-state index contributed by atoms with van der Waals surface area (Å²) in [5.41, 5.74) is 0.936. The van der Waals surface area contributed by atoms with Gasteiger partial charge in [0.25, 0.3) is 0 Å². The molecule has 24 heavy (non-hydrogen) atoms. The molecule has 7 nitrogen and oxygen atoms in total. The maximum Gasteiger partial charge on any atom is 0.407 e. The van der Waals surface area contributed by atoms with Crippen LogP contribution in [0.15, 0.2) is 30.3 Å². The van der Waals surface area contributed by atoms with Crippen molar-refractivity contribution in [3.8, 4) is 0 Å². The Kier molecular flexibility index (Phi) is 9.68. The summed E-state index contributed by atoms with van der Waals surface area (Å²) in [6.45, 7) is 1.27. The van der Waals surface area contributed by atoms with Crippen LogP contribution in [0.1, 0.15) is 37.7 Å². The first-order chi connectivity index (χ1) is 11.6. The first-order valence-corrected chi connectivity index (χ1v) is 8.01. The average molecular weight is 336 g/mol. The van der Waals surface area contributed by atoms with Gasteiger partial charge in [-0.05, 0) is 24.8 Å². The summed E-state index contributed by atoms with van der Waals surface area (Å²) >= 11 is 0. The Morgan fingerprint density at radius 1 is 0.917 bits per heavy atom. The zero-order chi connectivity index (χ0) is 17.6.